The van der Waals surface area contributed by atoms with Crippen molar-refractivity contribution in [3.05, 3.63) is 11.9 Å². The number of nitrogens with zero attached hydrogens (tertiary/aromatic N) is 3. The molecule has 1 aromatic heterocycles. The Morgan fingerprint density at radius 1 is 1.50 bits per heavy atom. The van der Waals surface area contributed by atoms with Crippen LogP contribution in [0.5, 0.6) is 0 Å². The first kappa shape index (κ1) is 8.98. The highest BCUT2D eigenvalue weighted by molar-refractivity contribution is 4.89. The SMILES string of the molecule is NCc1cnn(CC(F)(F)F)n1. The lowest BCUT2D eigenvalue weighted by molar-refractivity contribution is -0.144. The van der Waals surface area contributed by atoms with Gasteiger partial charge in [-0.05, 0) is 0 Å². The van der Waals surface area contributed by atoms with Gasteiger partial charge >= 0.3 is 6.18 Å². The zero-order chi connectivity index (χ0) is 9.19. The van der Waals surface area contributed by atoms with Gasteiger partial charge in [-0.3, -0.25) is 0 Å². The Morgan fingerprint density at radius 3 is 2.58 bits per heavy atom. The van der Waals surface area contributed by atoms with Gasteiger partial charge in [-0.15, -0.1) is 0 Å². The van der Waals surface area contributed by atoms with Gasteiger partial charge < -0.3 is 5.73 Å². The average molecular weight is 180 g/mol. The third-order valence-electron chi connectivity index (χ3n) is 1.11. The first-order chi connectivity index (χ1) is 5.51. The fourth-order valence-electron chi connectivity index (χ4n) is 0.663. The van der Waals surface area contributed by atoms with Gasteiger partial charge in [0.05, 0.1) is 11.9 Å². The molecule has 0 saturated heterocycles. The van der Waals surface area contributed by atoms with Crippen LogP contribution in [0.15, 0.2) is 6.20 Å². The van der Waals surface area contributed by atoms with Crippen molar-refractivity contribution in [2.24, 2.45) is 5.73 Å². The molecule has 68 valence electrons. The third kappa shape index (κ3) is 2.50. The van der Waals surface area contributed by atoms with Gasteiger partial charge in [-0.1, -0.05) is 0 Å². The Kier molecular flexibility index (Phi) is 2.32. The van der Waals surface area contributed by atoms with Gasteiger partial charge in [-0.25, -0.2) is 0 Å². The summed E-state index contributed by atoms with van der Waals surface area (Å²) in [5.41, 5.74) is 5.48. The van der Waals surface area contributed by atoms with E-state index in [1.165, 1.54) is 6.20 Å². The van der Waals surface area contributed by atoms with E-state index < -0.39 is 12.7 Å². The average Bonchev–Trinajstić information content (AvgIpc) is 2.32. The number of halogens is 3. The molecule has 0 aliphatic rings. The second-order valence-electron chi connectivity index (χ2n) is 2.19. The van der Waals surface area contributed by atoms with Crippen molar-refractivity contribution >= 4 is 0 Å². The molecule has 4 nitrogen and oxygen atoms in total. The van der Waals surface area contributed by atoms with Crippen molar-refractivity contribution in [1.82, 2.24) is 15.0 Å². The largest absolute Gasteiger partial charge is 0.409 e. The molecule has 0 aliphatic heterocycles. The van der Waals surface area contributed by atoms with E-state index in [1.54, 1.807) is 0 Å². The van der Waals surface area contributed by atoms with E-state index in [9.17, 15) is 13.2 Å². The van der Waals surface area contributed by atoms with Gasteiger partial charge in [0.2, 0.25) is 0 Å². The molecular formula is C5H7F3N4. The lowest BCUT2D eigenvalue weighted by Crippen LogP contribution is -2.19. The summed E-state index contributed by atoms with van der Waals surface area (Å²) in [4.78, 5) is 0.572. The minimum Gasteiger partial charge on any atom is -0.325 e. The zero-order valence-corrected chi connectivity index (χ0v) is 6.04. The van der Waals surface area contributed by atoms with Crippen molar-refractivity contribution in [3.8, 4) is 0 Å². The number of aromatic nitrogens is 3. The third-order valence-corrected chi connectivity index (χ3v) is 1.11. The molecule has 0 saturated carbocycles. The summed E-state index contributed by atoms with van der Waals surface area (Å²) in [7, 11) is 0. The summed E-state index contributed by atoms with van der Waals surface area (Å²) < 4.78 is 35.2. The molecule has 0 aliphatic carbocycles. The molecule has 1 aromatic rings. The molecule has 1 heterocycles. The maximum atomic E-state index is 11.7. The normalized spacial score (nSPS) is 12.0. The topological polar surface area (TPSA) is 56.7 Å². The summed E-state index contributed by atoms with van der Waals surface area (Å²) in [5.74, 6) is 0. The van der Waals surface area contributed by atoms with Crippen LogP contribution in [0, 0.1) is 0 Å². The highest BCUT2D eigenvalue weighted by Crippen LogP contribution is 2.15. The highest BCUT2D eigenvalue weighted by Gasteiger charge is 2.29. The zero-order valence-electron chi connectivity index (χ0n) is 6.04. The molecular weight excluding hydrogens is 173 g/mol. The second-order valence-corrected chi connectivity index (χ2v) is 2.19. The minimum atomic E-state index is -4.29. The van der Waals surface area contributed by atoms with E-state index in [-0.39, 0.29) is 6.54 Å². The van der Waals surface area contributed by atoms with Crippen molar-refractivity contribution in [1.29, 1.82) is 0 Å². The van der Waals surface area contributed by atoms with Crippen LogP contribution >= 0.6 is 0 Å². The molecule has 12 heavy (non-hydrogen) atoms. The minimum absolute atomic E-state index is 0.0951. The van der Waals surface area contributed by atoms with Crippen LogP contribution in [0.2, 0.25) is 0 Å². The number of nitrogens with two attached hydrogens (primary N) is 1. The fourth-order valence-corrected chi connectivity index (χ4v) is 0.663. The molecule has 0 amide bonds. The van der Waals surface area contributed by atoms with Crippen LogP contribution in [-0.2, 0) is 13.1 Å². The van der Waals surface area contributed by atoms with Gasteiger partial charge in [-0.2, -0.15) is 28.2 Å². The summed E-state index contributed by atoms with van der Waals surface area (Å²) in [6, 6.07) is 0. The molecule has 0 unspecified atom stereocenters. The van der Waals surface area contributed by atoms with E-state index in [0.717, 1.165) is 0 Å². The number of hydrogen-bond acceptors (Lipinski definition) is 3. The summed E-state index contributed by atoms with van der Waals surface area (Å²) in [5, 5.41) is 6.85. The van der Waals surface area contributed by atoms with E-state index in [4.69, 9.17) is 5.73 Å². The summed E-state index contributed by atoms with van der Waals surface area (Å²) >= 11 is 0. The van der Waals surface area contributed by atoms with Crippen molar-refractivity contribution in [3.63, 3.8) is 0 Å². The lowest BCUT2D eigenvalue weighted by atomic mass is 10.5. The van der Waals surface area contributed by atoms with Crippen LogP contribution < -0.4 is 5.73 Å². The van der Waals surface area contributed by atoms with Crippen LogP contribution in [0.4, 0.5) is 13.2 Å². The van der Waals surface area contributed by atoms with Crippen molar-refractivity contribution in [2.45, 2.75) is 19.3 Å². The molecule has 0 atom stereocenters. The molecule has 2 N–H and O–H groups in total. The van der Waals surface area contributed by atoms with Crippen LogP contribution in [0.25, 0.3) is 0 Å². The van der Waals surface area contributed by atoms with E-state index in [2.05, 4.69) is 10.2 Å². The molecule has 1 rings (SSSR count). The first-order valence-corrected chi connectivity index (χ1v) is 3.17. The molecule has 0 bridgehead atoms. The molecule has 0 fully saturated rings. The number of hydrogen-bond donors (Lipinski definition) is 1. The quantitative estimate of drug-likeness (QED) is 0.712. The van der Waals surface area contributed by atoms with Crippen LogP contribution in [0.3, 0.4) is 0 Å². The predicted molar refractivity (Wildman–Crippen MR) is 34.0 cm³/mol. The molecule has 0 spiro atoms. The summed E-state index contributed by atoms with van der Waals surface area (Å²) in [6.07, 6.45) is -3.07. The number of rotatable bonds is 2. The Hall–Kier alpha value is -1.11. The Labute approximate surface area is 66.2 Å². The molecule has 0 radical (unpaired) electrons. The highest BCUT2D eigenvalue weighted by atomic mass is 19.4. The lowest BCUT2D eigenvalue weighted by Gasteiger charge is -2.03. The van der Waals surface area contributed by atoms with Gasteiger partial charge in [0.15, 0.2) is 6.54 Å². The maximum absolute atomic E-state index is 11.7. The maximum Gasteiger partial charge on any atom is 0.409 e. The first-order valence-electron chi connectivity index (χ1n) is 3.17. The van der Waals surface area contributed by atoms with Crippen LogP contribution in [-0.4, -0.2) is 21.2 Å². The van der Waals surface area contributed by atoms with Gasteiger partial charge in [0.25, 0.3) is 0 Å². The van der Waals surface area contributed by atoms with Crippen molar-refractivity contribution < 1.29 is 13.2 Å². The molecule has 0 aromatic carbocycles. The smallest absolute Gasteiger partial charge is 0.325 e. The predicted octanol–water partition coefficient (Wildman–Crippen LogP) is 0.299. The molecule has 7 heteroatoms. The van der Waals surface area contributed by atoms with Gasteiger partial charge in [0, 0.05) is 6.54 Å². The van der Waals surface area contributed by atoms with Crippen LogP contribution in [0.1, 0.15) is 5.69 Å². The number of alkyl halides is 3. The van der Waals surface area contributed by atoms with Crippen molar-refractivity contribution in [2.75, 3.05) is 0 Å². The monoisotopic (exact) mass is 180 g/mol. The Bertz CT molecular complexity index is 253. The van der Waals surface area contributed by atoms with Gasteiger partial charge in [0.1, 0.15) is 0 Å². The van der Waals surface area contributed by atoms with E-state index in [1.807, 2.05) is 0 Å². The van der Waals surface area contributed by atoms with E-state index in [0.29, 0.717) is 10.5 Å². The standard InChI is InChI=1S/C5H7F3N4/c6-5(7,8)3-12-10-2-4(1-9)11-12/h2H,1,3,9H2. The second kappa shape index (κ2) is 3.10. The summed E-state index contributed by atoms with van der Waals surface area (Å²) in [6.45, 7) is -1.08. The fraction of sp³-hybridized carbons (Fsp3) is 0.600. The van der Waals surface area contributed by atoms with E-state index >= 15 is 0 Å². The Morgan fingerprint density at radius 2 is 2.17 bits per heavy atom. The Balaban J connectivity index is 2.64.